The summed E-state index contributed by atoms with van der Waals surface area (Å²) in [4.78, 5) is 38.7. The molecule has 3 rings (SSSR count). The van der Waals surface area contributed by atoms with Gasteiger partial charge >= 0.3 is 0 Å². The topological polar surface area (TPSA) is 84.9 Å². The predicted octanol–water partition coefficient (Wildman–Crippen LogP) is 5.79. The number of thioether (sulfide) groups is 1. The van der Waals surface area contributed by atoms with Crippen molar-refractivity contribution >= 4 is 90.7 Å². The Balaban J connectivity index is 1.76. The Kier molecular flexibility index (Phi) is 8.48. The van der Waals surface area contributed by atoms with E-state index in [1.807, 2.05) is 13.0 Å². The van der Waals surface area contributed by atoms with Gasteiger partial charge in [-0.3, -0.25) is 19.3 Å². The van der Waals surface area contributed by atoms with Crippen LogP contribution in [0.4, 0.5) is 10.5 Å². The Morgan fingerprint density at radius 2 is 2.06 bits per heavy atom. The van der Waals surface area contributed by atoms with Gasteiger partial charge in [-0.25, -0.2) is 0 Å². The third-order valence-electron chi connectivity index (χ3n) is 4.21. The summed E-state index contributed by atoms with van der Waals surface area (Å²) in [5, 5.41) is 2.55. The zero-order chi connectivity index (χ0) is 23.4. The number of imide groups is 1. The van der Waals surface area contributed by atoms with Gasteiger partial charge in [0, 0.05) is 10.2 Å². The first-order valence-corrected chi connectivity index (χ1v) is 12.3. The number of anilines is 1. The number of ether oxygens (including phenoxy) is 2. The maximum absolute atomic E-state index is 12.8. The molecule has 0 aliphatic carbocycles. The third-order valence-corrected chi connectivity index (χ3v) is 7.15. The normalized spacial score (nSPS) is 14.8. The van der Waals surface area contributed by atoms with Crippen molar-refractivity contribution in [1.29, 1.82) is 0 Å². The molecule has 1 aliphatic heterocycles. The molecule has 1 heterocycles. The molecule has 2 aromatic carbocycles. The lowest BCUT2D eigenvalue weighted by molar-refractivity contribution is -0.127. The molecule has 0 aromatic heterocycles. The van der Waals surface area contributed by atoms with Crippen LogP contribution in [0.1, 0.15) is 12.5 Å². The average Bonchev–Trinajstić information content (AvgIpc) is 2.98. The summed E-state index contributed by atoms with van der Waals surface area (Å²) in [5.74, 6) is 0.0969. The van der Waals surface area contributed by atoms with Crippen LogP contribution < -0.4 is 14.8 Å². The highest BCUT2D eigenvalue weighted by molar-refractivity contribution is 14.1. The number of hydrogen-bond acceptors (Lipinski definition) is 6. The molecule has 0 spiro atoms. The number of methoxy groups -OCH3 is 1. The van der Waals surface area contributed by atoms with Crippen LogP contribution in [0, 0.1) is 3.57 Å². The minimum Gasteiger partial charge on any atom is -0.492 e. The van der Waals surface area contributed by atoms with E-state index in [1.54, 1.807) is 37.5 Å². The van der Waals surface area contributed by atoms with E-state index in [4.69, 9.17) is 21.1 Å². The van der Waals surface area contributed by atoms with Crippen molar-refractivity contribution in [3.63, 3.8) is 0 Å². The van der Waals surface area contributed by atoms with E-state index in [0.29, 0.717) is 38.9 Å². The number of amides is 3. The van der Waals surface area contributed by atoms with Crippen LogP contribution in [-0.4, -0.2) is 42.2 Å². The van der Waals surface area contributed by atoms with E-state index < -0.39 is 23.6 Å². The van der Waals surface area contributed by atoms with Crippen LogP contribution in [0.15, 0.2) is 39.7 Å². The maximum atomic E-state index is 12.8. The van der Waals surface area contributed by atoms with Crippen LogP contribution in [0.25, 0.3) is 6.08 Å². The van der Waals surface area contributed by atoms with Crippen LogP contribution >= 0.6 is 61.9 Å². The monoisotopic (exact) mass is 650 g/mol. The number of halogens is 3. The van der Waals surface area contributed by atoms with Crippen LogP contribution in [0.2, 0.25) is 5.02 Å². The number of carbonyl (C=O) groups excluding carboxylic acids is 3. The van der Waals surface area contributed by atoms with Crippen molar-refractivity contribution in [2.24, 2.45) is 0 Å². The van der Waals surface area contributed by atoms with Crippen molar-refractivity contribution in [2.45, 2.75) is 6.92 Å². The Morgan fingerprint density at radius 1 is 1.31 bits per heavy atom. The minimum atomic E-state index is -0.534. The van der Waals surface area contributed by atoms with Gasteiger partial charge < -0.3 is 14.8 Å². The standard InChI is InChI=1S/C21H17BrClIN2O5S/c1-3-31-16-7-11(6-15(24)19(16)30-2)8-17-20(28)26(21(29)32-17)10-18(27)25-12-4-5-13(22)14(23)9-12/h4-9H,3,10H2,1-2H3,(H,25,27)/b17-8+. The number of rotatable bonds is 7. The Morgan fingerprint density at radius 3 is 2.72 bits per heavy atom. The average molecular weight is 652 g/mol. The van der Waals surface area contributed by atoms with E-state index >= 15 is 0 Å². The second-order valence-corrected chi connectivity index (χ2v) is 9.83. The van der Waals surface area contributed by atoms with Crippen LogP contribution in [0.3, 0.4) is 0 Å². The molecular formula is C21H17BrClIN2O5S. The van der Waals surface area contributed by atoms with Crippen molar-refractivity contribution in [3.8, 4) is 11.5 Å². The van der Waals surface area contributed by atoms with Gasteiger partial charge in [0.15, 0.2) is 11.5 Å². The third kappa shape index (κ3) is 5.77. The van der Waals surface area contributed by atoms with Gasteiger partial charge in [0.2, 0.25) is 5.91 Å². The lowest BCUT2D eigenvalue weighted by Crippen LogP contribution is -2.36. The van der Waals surface area contributed by atoms with E-state index in [2.05, 4.69) is 43.8 Å². The highest BCUT2D eigenvalue weighted by atomic mass is 127. The Bertz CT molecular complexity index is 1130. The SMILES string of the molecule is CCOc1cc(/C=C2/SC(=O)N(CC(=O)Nc3ccc(Br)c(Cl)c3)C2=O)cc(I)c1OC. The molecule has 3 amide bonds. The first-order valence-electron chi connectivity index (χ1n) is 9.24. The van der Waals surface area contributed by atoms with Gasteiger partial charge in [-0.15, -0.1) is 0 Å². The second kappa shape index (κ2) is 10.9. The predicted molar refractivity (Wildman–Crippen MR) is 137 cm³/mol. The van der Waals surface area contributed by atoms with Crippen molar-refractivity contribution in [1.82, 2.24) is 4.90 Å². The molecule has 0 saturated carbocycles. The number of nitrogens with one attached hydrogen (secondary N) is 1. The molecule has 0 unspecified atom stereocenters. The zero-order valence-electron chi connectivity index (χ0n) is 16.9. The van der Waals surface area contributed by atoms with Crippen molar-refractivity contribution in [2.75, 3.05) is 25.6 Å². The number of carbonyl (C=O) groups is 3. The first-order chi connectivity index (χ1) is 15.2. The lowest BCUT2D eigenvalue weighted by Gasteiger charge is -2.13. The molecule has 11 heteroatoms. The summed E-state index contributed by atoms with van der Waals surface area (Å²) >= 11 is 12.2. The largest absolute Gasteiger partial charge is 0.492 e. The van der Waals surface area contributed by atoms with E-state index in [0.717, 1.165) is 20.2 Å². The fourth-order valence-electron chi connectivity index (χ4n) is 2.84. The van der Waals surface area contributed by atoms with Gasteiger partial charge in [-0.2, -0.15) is 0 Å². The summed E-state index contributed by atoms with van der Waals surface area (Å²) in [6.07, 6.45) is 1.60. The van der Waals surface area contributed by atoms with Gasteiger partial charge in [0.25, 0.3) is 11.1 Å². The molecular weight excluding hydrogens is 635 g/mol. The molecule has 2 aromatic rings. The fourth-order valence-corrected chi connectivity index (χ4v) is 4.95. The summed E-state index contributed by atoms with van der Waals surface area (Å²) in [6.45, 7) is 1.91. The summed E-state index contributed by atoms with van der Waals surface area (Å²) in [7, 11) is 1.55. The van der Waals surface area contributed by atoms with Gasteiger partial charge in [0.05, 0.1) is 27.2 Å². The number of hydrogen-bond donors (Lipinski definition) is 1. The van der Waals surface area contributed by atoms with Crippen LogP contribution in [0.5, 0.6) is 11.5 Å². The van der Waals surface area contributed by atoms with E-state index in [1.165, 1.54) is 0 Å². The fraction of sp³-hybridized carbons (Fsp3) is 0.190. The zero-order valence-corrected chi connectivity index (χ0v) is 22.2. The maximum Gasteiger partial charge on any atom is 0.294 e. The van der Waals surface area contributed by atoms with Crippen molar-refractivity contribution < 1.29 is 23.9 Å². The molecule has 0 radical (unpaired) electrons. The van der Waals surface area contributed by atoms with E-state index in [-0.39, 0.29) is 4.91 Å². The smallest absolute Gasteiger partial charge is 0.294 e. The second-order valence-electron chi connectivity index (χ2n) is 6.41. The molecule has 0 bridgehead atoms. The molecule has 168 valence electrons. The highest BCUT2D eigenvalue weighted by Gasteiger charge is 2.36. The molecule has 32 heavy (non-hydrogen) atoms. The summed E-state index contributed by atoms with van der Waals surface area (Å²) < 4.78 is 12.5. The molecule has 7 nitrogen and oxygen atoms in total. The van der Waals surface area contributed by atoms with Gasteiger partial charge in [-0.05, 0) is 99.2 Å². The number of benzene rings is 2. The molecule has 1 aliphatic rings. The summed E-state index contributed by atoms with van der Waals surface area (Å²) in [6, 6.07) is 8.47. The number of nitrogens with zero attached hydrogens (tertiary/aromatic N) is 1. The molecule has 1 fully saturated rings. The Hall–Kier alpha value is -1.76. The first kappa shape index (κ1) is 24.9. The quantitative estimate of drug-likeness (QED) is 0.302. The summed E-state index contributed by atoms with van der Waals surface area (Å²) in [5.41, 5.74) is 1.14. The van der Waals surface area contributed by atoms with Gasteiger partial charge in [0.1, 0.15) is 6.54 Å². The van der Waals surface area contributed by atoms with Crippen LogP contribution in [-0.2, 0) is 9.59 Å². The molecule has 0 atom stereocenters. The van der Waals surface area contributed by atoms with Crippen molar-refractivity contribution in [3.05, 3.63) is 53.9 Å². The minimum absolute atomic E-state index is 0.220. The molecule has 1 N–H and O–H groups in total. The van der Waals surface area contributed by atoms with E-state index in [9.17, 15) is 14.4 Å². The Labute approximate surface area is 216 Å². The highest BCUT2D eigenvalue weighted by Crippen LogP contribution is 2.37. The molecule has 1 saturated heterocycles. The van der Waals surface area contributed by atoms with Gasteiger partial charge in [-0.1, -0.05) is 11.6 Å². The lowest BCUT2D eigenvalue weighted by atomic mass is 10.2.